The van der Waals surface area contributed by atoms with Gasteiger partial charge in [0.25, 0.3) is 10.1 Å². The Balaban J connectivity index is 3.84. The predicted octanol–water partition coefficient (Wildman–Crippen LogP) is 1.02. The molecule has 6 heteroatoms. The molecule has 0 aliphatic heterocycles. The number of anilines is 2. The molecule has 0 aromatic heterocycles. The zero-order chi connectivity index (χ0) is 12.0. The molecule has 0 heterocycles. The average Bonchev–Trinajstić information content (AvgIpc) is 2.09. The van der Waals surface area contributed by atoms with Crippen LogP contribution in [0.5, 0.6) is 0 Å². The Morgan fingerprint density at radius 3 is 1.73 bits per heavy atom. The lowest BCUT2D eigenvalue weighted by Gasteiger charge is -2.15. The fraction of sp³-hybridized carbons (Fsp3) is 0.333. The van der Waals surface area contributed by atoms with Crippen LogP contribution in [0.25, 0.3) is 0 Å². The second-order valence-electron chi connectivity index (χ2n) is 3.51. The van der Waals surface area contributed by atoms with Crippen LogP contribution in [0.2, 0.25) is 0 Å². The molecule has 84 valence electrons. The molecule has 0 spiro atoms. The molecule has 0 atom stereocenters. The molecule has 0 aliphatic rings. The van der Waals surface area contributed by atoms with Crippen molar-refractivity contribution in [1.82, 2.24) is 0 Å². The third-order valence-corrected chi connectivity index (χ3v) is 3.66. The van der Waals surface area contributed by atoms with Crippen LogP contribution >= 0.6 is 0 Å². The van der Waals surface area contributed by atoms with Crippen LogP contribution in [0.3, 0.4) is 0 Å². The molecule has 0 unspecified atom stereocenters. The van der Waals surface area contributed by atoms with Crippen molar-refractivity contribution in [2.45, 2.75) is 25.7 Å². The average molecular weight is 230 g/mol. The quantitative estimate of drug-likeness (QED) is 0.493. The third-order valence-electron chi connectivity index (χ3n) is 2.62. The molecule has 5 N–H and O–H groups in total. The minimum atomic E-state index is -4.33. The highest BCUT2D eigenvalue weighted by atomic mass is 32.2. The Bertz CT molecular complexity index is 492. The second kappa shape index (κ2) is 3.39. The van der Waals surface area contributed by atoms with Crippen molar-refractivity contribution in [2.24, 2.45) is 0 Å². The van der Waals surface area contributed by atoms with E-state index in [-0.39, 0.29) is 16.1 Å². The number of hydrogen-bond donors (Lipinski definition) is 3. The number of rotatable bonds is 1. The summed E-state index contributed by atoms with van der Waals surface area (Å²) in [6, 6.07) is 0. The summed E-state index contributed by atoms with van der Waals surface area (Å²) in [5.74, 6) is 0. The Labute approximate surface area is 88.8 Å². The standard InChI is InChI=1S/C9H14N2O3S/c1-4-5(2)8(11)9(15(12,13)14)6(3)7(4)10/h10-11H2,1-3H3,(H,12,13,14). The molecule has 1 aromatic rings. The van der Waals surface area contributed by atoms with Crippen LogP contribution in [-0.4, -0.2) is 13.0 Å². The topological polar surface area (TPSA) is 106 Å². The summed E-state index contributed by atoms with van der Waals surface area (Å²) in [5, 5.41) is 0. The molecular formula is C9H14N2O3S. The van der Waals surface area contributed by atoms with Gasteiger partial charge in [-0.2, -0.15) is 8.42 Å². The van der Waals surface area contributed by atoms with Gasteiger partial charge in [0.05, 0.1) is 5.69 Å². The van der Waals surface area contributed by atoms with E-state index in [4.69, 9.17) is 16.0 Å². The minimum Gasteiger partial charge on any atom is -0.398 e. The van der Waals surface area contributed by atoms with Gasteiger partial charge in [0, 0.05) is 5.69 Å². The molecular weight excluding hydrogens is 216 g/mol. The number of nitrogens with two attached hydrogens (primary N) is 2. The minimum absolute atomic E-state index is 0.0571. The highest BCUT2D eigenvalue weighted by molar-refractivity contribution is 7.86. The van der Waals surface area contributed by atoms with E-state index in [9.17, 15) is 8.42 Å². The van der Waals surface area contributed by atoms with E-state index < -0.39 is 10.1 Å². The summed E-state index contributed by atoms with van der Waals surface area (Å²) in [4.78, 5) is -0.289. The highest BCUT2D eigenvalue weighted by Crippen LogP contribution is 2.33. The largest absolute Gasteiger partial charge is 0.398 e. The summed E-state index contributed by atoms with van der Waals surface area (Å²) < 4.78 is 31.2. The van der Waals surface area contributed by atoms with Gasteiger partial charge in [0.1, 0.15) is 4.90 Å². The first-order chi connectivity index (χ1) is 6.68. The van der Waals surface area contributed by atoms with Crippen molar-refractivity contribution >= 4 is 21.5 Å². The fourth-order valence-corrected chi connectivity index (χ4v) is 2.44. The molecule has 0 saturated carbocycles. The Hall–Kier alpha value is -1.27. The summed E-state index contributed by atoms with van der Waals surface area (Å²) in [5.41, 5.74) is 13.4. The number of nitrogen functional groups attached to an aromatic ring is 2. The summed E-state index contributed by atoms with van der Waals surface area (Å²) in [7, 11) is -4.33. The summed E-state index contributed by atoms with van der Waals surface area (Å²) >= 11 is 0. The molecule has 5 nitrogen and oxygen atoms in total. The van der Waals surface area contributed by atoms with Crippen LogP contribution in [0.15, 0.2) is 4.90 Å². The molecule has 15 heavy (non-hydrogen) atoms. The van der Waals surface area contributed by atoms with Crippen LogP contribution in [0, 0.1) is 20.8 Å². The molecule has 0 fully saturated rings. The van der Waals surface area contributed by atoms with Crippen molar-refractivity contribution < 1.29 is 13.0 Å². The molecule has 0 aliphatic carbocycles. The summed E-state index contributed by atoms with van der Waals surface area (Å²) in [6.07, 6.45) is 0. The molecule has 0 saturated heterocycles. The van der Waals surface area contributed by atoms with Crippen molar-refractivity contribution in [3.05, 3.63) is 16.7 Å². The normalized spacial score (nSPS) is 11.7. The van der Waals surface area contributed by atoms with Crippen molar-refractivity contribution in [3.8, 4) is 0 Å². The highest BCUT2D eigenvalue weighted by Gasteiger charge is 2.22. The SMILES string of the molecule is Cc1c(C)c(N)c(S(=O)(=O)O)c(C)c1N. The first-order valence-electron chi connectivity index (χ1n) is 4.30. The number of benzene rings is 1. The molecule has 1 aromatic carbocycles. The molecule has 0 amide bonds. The van der Waals surface area contributed by atoms with Crippen molar-refractivity contribution in [1.29, 1.82) is 0 Å². The van der Waals surface area contributed by atoms with Gasteiger partial charge in [-0.3, -0.25) is 4.55 Å². The smallest absolute Gasteiger partial charge is 0.296 e. The monoisotopic (exact) mass is 230 g/mol. The maximum absolute atomic E-state index is 11.1. The van der Waals surface area contributed by atoms with Gasteiger partial charge in [-0.1, -0.05) is 0 Å². The van der Waals surface area contributed by atoms with Crippen LogP contribution in [0.1, 0.15) is 16.7 Å². The Morgan fingerprint density at radius 2 is 1.33 bits per heavy atom. The van der Waals surface area contributed by atoms with Gasteiger partial charge >= 0.3 is 0 Å². The van der Waals surface area contributed by atoms with E-state index in [0.717, 1.165) is 5.56 Å². The van der Waals surface area contributed by atoms with E-state index in [0.29, 0.717) is 11.3 Å². The van der Waals surface area contributed by atoms with Gasteiger partial charge in [-0.15, -0.1) is 0 Å². The zero-order valence-corrected chi connectivity index (χ0v) is 9.64. The Kier molecular flexibility index (Phi) is 2.67. The molecule has 0 bridgehead atoms. The van der Waals surface area contributed by atoms with E-state index in [1.165, 1.54) is 6.92 Å². The van der Waals surface area contributed by atoms with Crippen molar-refractivity contribution in [3.63, 3.8) is 0 Å². The summed E-state index contributed by atoms with van der Waals surface area (Å²) in [6.45, 7) is 4.93. The lowest BCUT2D eigenvalue weighted by atomic mass is 10.0. The van der Waals surface area contributed by atoms with E-state index in [2.05, 4.69) is 0 Å². The lowest BCUT2D eigenvalue weighted by molar-refractivity contribution is 0.483. The Morgan fingerprint density at radius 1 is 0.933 bits per heavy atom. The predicted molar refractivity (Wildman–Crippen MR) is 59.3 cm³/mol. The van der Waals surface area contributed by atoms with E-state index >= 15 is 0 Å². The van der Waals surface area contributed by atoms with Crippen LogP contribution in [0.4, 0.5) is 11.4 Å². The second-order valence-corrected chi connectivity index (χ2v) is 4.86. The van der Waals surface area contributed by atoms with Gasteiger partial charge in [0.2, 0.25) is 0 Å². The number of hydrogen-bond acceptors (Lipinski definition) is 4. The first-order valence-corrected chi connectivity index (χ1v) is 5.74. The van der Waals surface area contributed by atoms with Crippen molar-refractivity contribution in [2.75, 3.05) is 11.5 Å². The maximum Gasteiger partial charge on any atom is 0.296 e. The first kappa shape index (κ1) is 11.8. The van der Waals surface area contributed by atoms with Crippen LogP contribution in [-0.2, 0) is 10.1 Å². The molecule has 0 radical (unpaired) electrons. The van der Waals surface area contributed by atoms with Gasteiger partial charge in [-0.05, 0) is 37.5 Å². The van der Waals surface area contributed by atoms with Crippen LogP contribution < -0.4 is 11.5 Å². The van der Waals surface area contributed by atoms with E-state index in [1.54, 1.807) is 13.8 Å². The molecule has 1 rings (SSSR count). The lowest BCUT2D eigenvalue weighted by Crippen LogP contribution is -2.11. The van der Waals surface area contributed by atoms with Gasteiger partial charge < -0.3 is 11.5 Å². The third kappa shape index (κ3) is 1.78. The van der Waals surface area contributed by atoms with E-state index in [1.807, 2.05) is 0 Å². The fourth-order valence-electron chi connectivity index (χ4n) is 1.51. The van der Waals surface area contributed by atoms with Gasteiger partial charge in [-0.25, -0.2) is 0 Å². The maximum atomic E-state index is 11.1. The zero-order valence-electron chi connectivity index (χ0n) is 8.83. The van der Waals surface area contributed by atoms with Gasteiger partial charge in [0.15, 0.2) is 0 Å².